The summed E-state index contributed by atoms with van der Waals surface area (Å²) in [4.78, 5) is 37.5. The smallest absolute Gasteiger partial charge is 0.409 e. The first kappa shape index (κ1) is 18.8. The molecule has 1 aliphatic rings. The van der Waals surface area contributed by atoms with Gasteiger partial charge in [0.2, 0.25) is 0 Å². The van der Waals surface area contributed by atoms with Crippen LogP contribution in [0.1, 0.15) is 36.1 Å². The number of hydrogen-bond acceptors (Lipinski definition) is 5. The van der Waals surface area contributed by atoms with E-state index in [-0.39, 0.29) is 35.9 Å². The number of likely N-dealkylation sites (tertiary alicyclic amines) is 1. The molecule has 0 bridgehead atoms. The fourth-order valence-electron chi connectivity index (χ4n) is 3.02. The van der Waals surface area contributed by atoms with Crippen molar-refractivity contribution in [1.82, 2.24) is 14.8 Å². The fourth-order valence-corrected chi connectivity index (χ4v) is 3.02. The molecular formula is C19H23N3O5. The SMILES string of the molecule is CCOC(=O)N1CCC(NC(=O)c2ccc(Cn3ccccc3=O)o2)CC1. The zero-order valence-corrected chi connectivity index (χ0v) is 15.2. The Kier molecular flexibility index (Phi) is 5.95. The third-order valence-corrected chi connectivity index (χ3v) is 4.47. The summed E-state index contributed by atoms with van der Waals surface area (Å²) in [6.45, 7) is 3.49. The molecule has 2 amide bonds. The molecule has 2 aromatic heterocycles. The van der Waals surface area contributed by atoms with Crippen LogP contribution < -0.4 is 10.9 Å². The minimum atomic E-state index is -0.311. The van der Waals surface area contributed by atoms with Gasteiger partial charge in [-0.1, -0.05) is 6.07 Å². The zero-order chi connectivity index (χ0) is 19.2. The van der Waals surface area contributed by atoms with Gasteiger partial charge in [0, 0.05) is 31.4 Å². The van der Waals surface area contributed by atoms with Gasteiger partial charge in [0.05, 0.1) is 13.2 Å². The molecule has 3 rings (SSSR count). The van der Waals surface area contributed by atoms with Crippen molar-refractivity contribution in [1.29, 1.82) is 0 Å². The summed E-state index contributed by atoms with van der Waals surface area (Å²) in [5.41, 5.74) is -0.131. The summed E-state index contributed by atoms with van der Waals surface area (Å²) >= 11 is 0. The van der Waals surface area contributed by atoms with Gasteiger partial charge in [0.25, 0.3) is 11.5 Å². The molecule has 0 saturated carbocycles. The molecule has 1 aliphatic heterocycles. The van der Waals surface area contributed by atoms with Gasteiger partial charge in [0.15, 0.2) is 5.76 Å². The highest BCUT2D eigenvalue weighted by atomic mass is 16.6. The molecule has 8 nitrogen and oxygen atoms in total. The Labute approximate surface area is 156 Å². The van der Waals surface area contributed by atoms with Gasteiger partial charge >= 0.3 is 6.09 Å². The zero-order valence-electron chi connectivity index (χ0n) is 15.2. The normalized spacial score (nSPS) is 14.8. The van der Waals surface area contributed by atoms with E-state index < -0.39 is 0 Å². The van der Waals surface area contributed by atoms with Crippen LogP contribution in [-0.4, -0.2) is 47.2 Å². The quantitative estimate of drug-likeness (QED) is 0.863. The monoisotopic (exact) mass is 373 g/mol. The number of hydrogen-bond donors (Lipinski definition) is 1. The maximum absolute atomic E-state index is 12.4. The summed E-state index contributed by atoms with van der Waals surface area (Å²) in [6.07, 6.45) is 2.69. The molecule has 0 aromatic carbocycles. The van der Waals surface area contributed by atoms with E-state index in [0.717, 1.165) is 0 Å². The van der Waals surface area contributed by atoms with Crippen molar-refractivity contribution in [3.8, 4) is 0 Å². The molecule has 0 spiro atoms. The lowest BCUT2D eigenvalue weighted by Crippen LogP contribution is -2.46. The maximum atomic E-state index is 12.4. The first-order chi connectivity index (χ1) is 13.1. The van der Waals surface area contributed by atoms with Gasteiger partial charge in [0.1, 0.15) is 5.76 Å². The van der Waals surface area contributed by atoms with Crippen LogP contribution in [0, 0.1) is 0 Å². The fraction of sp³-hybridized carbons (Fsp3) is 0.421. The van der Waals surface area contributed by atoms with Gasteiger partial charge < -0.3 is 23.9 Å². The van der Waals surface area contributed by atoms with Crippen LogP contribution in [-0.2, 0) is 11.3 Å². The average molecular weight is 373 g/mol. The topological polar surface area (TPSA) is 93.8 Å². The van der Waals surface area contributed by atoms with E-state index in [1.54, 1.807) is 42.3 Å². The van der Waals surface area contributed by atoms with Crippen LogP contribution in [0.2, 0.25) is 0 Å². The lowest BCUT2D eigenvalue weighted by atomic mass is 10.1. The summed E-state index contributed by atoms with van der Waals surface area (Å²) in [5.74, 6) is 0.448. The van der Waals surface area contributed by atoms with Crippen molar-refractivity contribution < 1.29 is 18.7 Å². The van der Waals surface area contributed by atoms with Crippen molar-refractivity contribution in [2.75, 3.05) is 19.7 Å². The number of pyridine rings is 1. The van der Waals surface area contributed by atoms with Crippen molar-refractivity contribution in [2.45, 2.75) is 32.4 Å². The third-order valence-electron chi connectivity index (χ3n) is 4.47. The summed E-state index contributed by atoms with van der Waals surface area (Å²) in [6, 6.07) is 8.19. The molecule has 0 radical (unpaired) electrons. The Morgan fingerprint density at radius 2 is 2.00 bits per heavy atom. The van der Waals surface area contributed by atoms with E-state index >= 15 is 0 Å². The van der Waals surface area contributed by atoms with Crippen LogP contribution in [0.3, 0.4) is 0 Å². The predicted octanol–water partition coefficient (Wildman–Crippen LogP) is 1.84. The molecule has 0 atom stereocenters. The number of piperidine rings is 1. The summed E-state index contributed by atoms with van der Waals surface area (Å²) in [5, 5.41) is 2.94. The van der Waals surface area contributed by atoms with E-state index in [1.807, 2.05) is 0 Å². The first-order valence-corrected chi connectivity index (χ1v) is 9.03. The Balaban J connectivity index is 1.52. The van der Waals surface area contributed by atoms with Gasteiger partial charge in [-0.15, -0.1) is 0 Å². The van der Waals surface area contributed by atoms with Gasteiger partial charge in [-0.05, 0) is 38.0 Å². The molecular weight excluding hydrogens is 350 g/mol. The third kappa shape index (κ3) is 4.78. The first-order valence-electron chi connectivity index (χ1n) is 9.03. The van der Waals surface area contributed by atoms with Crippen LogP contribution >= 0.6 is 0 Å². The van der Waals surface area contributed by atoms with Crippen LogP contribution in [0.4, 0.5) is 4.79 Å². The molecule has 8 heteroatoms. The lowest BCUT2D eigenvalue weighted by molar-refractivity contribution is 0.0839. The molecule has 3 heterocycles. The lowest BCUT2D eigenvalue weighted by Gasteiger charge is -2.31. The predicted molar refractivity (Wildman–Crippen MR) is 97.6 cm³/mol. The van der Waals surface area contributed by atoms with Crippen molar-refractivity contribution in [3.05, 3.63) is 58.4 Å². The van der Waals surface area contributed by atoms with Crippen molar-refractivity contribution >= 4 is 12.0 Å². The van der Waals surface area contributed by atoms with E-state index in [1.165, 1.54) is 10.6 Å². The summed E-state index contributed by atoms with van der Waals surface area (Å²) < 4.78 is 12.1. The maximum Gasteiger partial charge on any atom is 0.409 e. The molecule has 1 saturated heterocycles. The number of furan rings is 1. The Bertz CT molecular complexity index is 849. The van der Waals surface area contributed by atoms with Crippen LogP contribution in [0.25, 0.3) is 0 Å². The van der Waals surface area contributed by atoms with Crippen LogP contribution in [0.5, 0.6) is 0 Å². The highest BCUT2D eigenvalue weighted by Gasteiger charge is 2.25. The molecule has 144 valence electrons. The van der Waals surface area contributed by atoms with E-state index in [9.17, 15) is 14.4 Å². The highest BCUT2D eigenvalue weighted by Crippen LogP contribution is 2.14. The number of rotatable bonds is 5. The molecule has 2 aromatic rings. The standard InChI is InChI=1S/C19H23N3O5/c1-2-26-19(25)21-11-8-14(9-12-21)20-18(24)16-7-6-15(27-16)13-22-10-4-3-5-17(22)23/h3-7,10,14H,2,8-9,11-13H2,1H3,(H,20,24). The number of ether oxygens (including phenoxy) is 1. The Morgan fingerprint density at radius 3 is 2.70 bits per heavy atom. The number of nitrogens with one attached hydrogen (secondary N) is 1. The van der Waals surface area contributed by atoms with Crippen molar-refractivity contribution in [3.63, 3.8) is 0 Å². The Morgan fingerprint density at radius 1 is 1.22 bits per heavy atom. The van der Waals surface area contributed by atoms with Crippen molar-refractivity contribution in [2.24, 2.45) is 0 Å². The van der Waals surface area contributed by atoms with E-state index in [4.69, 9.17) is 9.15 Å². The minimum absolute atomic E-state index is 0.0199. The second-order valence-corrected chi connectivity index (χ2v) is 6.37. The van der Waals surface area contributed by atoms with Gasteiger partial charge in [-0.2, -0.15) is 0 Å². The number of nitrogens with zero attached hydrogens (tertiary/aromatic N) is 2. The average Bonchev–Trinajstić information content (AvgIpc) is 3.13. The number of carbonyl (C=O) groups is 2. The molecule has 1 fully saturated rings. The number of carbonyl (C=O) groups excluding carboxylic acids is 2. The minimum Gasteiger partial charge on any atom is -0.454 e. The number of aromatic nitrogens is 1. The van der Waals surface area contributed by atoms with E-state index in [0.29, 0.717) is 38.3 Å². The molecule has 27 heavy (non-hydrogen) atoms. The summed E-state index contributed by atoms with van der Waals surface area (Å²) in [7, 11) is 0. The van der Waals surface area contributed by atoms with Crippen LogP contribution in [0.15, 0.2) is 45.7 Å². The second-order valence-electron chi connectivity index (χ2n) is 6.37. The second kappa shape index (κ2) is 8.57. The molecule has 0 aliphatic carbocycles. The largest absolute Gasteiger partial charge is 0.454 e. The van der Waals surface area contributed by atoms with Gasteiger partial charge in [-0.25, -0.2) is 4.79 Å². The van der Waals surface area contributed by atoms with E-state index in [2.05, 4.69) is 5.32 Å². The molecule has 0 unspecified atom stereocenters. The number of amides is 2. The highest BCUT2D eigenvalue weighted by molar-refractivity contribution is 5.91. The van der Waals surface area contributed by atoms with Gasteiger partial charge in [-0.3, -0.25) is 9.59 Å². The molecule has 1 N–H and O–H groups in total. The Hall–Kier alpha value is -3.03.